The summed E-state index contributed by atoms with van der Waals surface area (Å²) in [7, 11) is 0. The number of carbonyl (C=O) groups is 1. The van der Waals surface area contributed by atoms with Gasteiger partial charge in [0.25, 0.3) is 0 Å². The van der Waals surface area contributed by atoms with Crippen LogP contribution in [-0.2, 0) is 6.42 Å². The third-order valence-corrected chi connectivity index (χ3v) is 1.92. The summed E-state index contributed by atoms with van der Waals surface area (Å²) in [5, 5.41) is 5.65. The average molecular weight is 224 g/mol. The molecule has 0 radical (unpaired) electrons. The zero-order valence-electron chi connectivity index (χ0n) is 10.1. The van der Waals surface area contributed by atoms with E-state index in [1.165, 1.54) is 0 Å². The first kappa shape index (κ1) is 12.5. The topological polar surface area (TPSA) is 69.8 Å². The maximum absolute atomic E-state index is 11.4. The van der Waals surface area contributed by atoms with Gasteiger partial charge in [0, 0.05) is 30.9 Å². The quantitative estimate of drug-likeness (QED) is 0.677. The van der Waals surface area contributed by atoms with Gasteiger partial charge in [-0.25, -0.2) is 9.78 Å². The van der Waals surface area contributed by atoms with Gasteiger partial charge >= 0.3 is 6.03 Å². The van der Waals surface area contributed by atoms with Crippen LogP contribution in [0.3, 0.4) is 0 Å². The Kier molecular flexibility index (Phi) is 4.34. The number of aromatic nitrogens is 2. The van der Waals surface area contributed by atoms with Gasteiger partial charge in [-0.1, -0.05) is 0 Å². The van der Waals surface area contributed by atoms with E-state index < -0.39 is 0 Å². The summed E-state index contributed by atoms with van der Waals surface area (Å²) in [6.07, 6.45) is 5.26. The van der Waals surface area contributed by atoms with Crippen LogP contribution in [0.4, 0.5) is 4.79 Å². The van der Waals surface area contributed by atoms with Crippen LogP contribution in [-0.4, -0.2) is 28.1 Å². The Morgan fingerprint density at radius 3 is 2.81 bits per heavy atom. The van der Waals surface area contributed by atoms with E-state index in [-0.39, 0.29) is 11.6 Å². The summed E-state index contributed by atoms with van der Waals surface area (Å²) in [6, 6.07) is -0.119. The molecule has 0 fully saturated rings. The number of hydrogen-bond acceptors (Lipinski definition) is 2. The standard InChI is InChI=1S/C11H20N4O/c1-11(2,3)15-10(16)14-6-4-5-9-12-7-8-13-9/h7-8H,4-6H2,1-3H3,(H,12,13)(H2,14,15,16). The molecule has 0 saturated carbocycles. The lowest BCUT2D eigenvalue weighted by Crippen LogP contribution is -2.46. The Labute approximate surface area is 96.0 Å². The molecule has 0 aliphatic rings. The molecule has 0 atom stereocenters. The van der Waals surface area contributed by atoms with Crippen molar-refractivity contribution in [3.63, 3.8) is 0 Å². The Morgan fingerprint density at radius 2 is 2.25 bits per heavy atom. The highest BCUT2D eigenvalue weighted by Crippen LogP contribution is 1.97. The third kappa shape index (κ3) is 5.38. The minimum Gasteiger partial charge on any atom is -0.349 e. The van der Waals surface area contributed by atoms with Gasteiger partial charge in [0.1, 0.15) is 5.82 Å². The second kappa shape index (κ2) is 5.53. The zero-order valence-corrected chi connectivity index (χ0v) is 10.1. The van der Waals surface area contributed by atoms with Gasteiger partial charge in [-0.15, -0.1) is 0 Å². The molecule has 0 spiro atoms. The molecule has 2 amide bonds. The van der Waals surface area contributed by atoms with Crippen LogP contribution in [0.15, 0.2) is 12.4 Å². The first-order chi connectivity index (χ1) is 7.47. The van der Waals surface area contributed by atoms with Gasteiger partial charge in [-0.3, -0.25) is 0 Å². The average Bonchev–Trinajstić information content (AvgIpc) is 2.62. The molecule has 0 aliphatic heterocycles. The molecule has 1 aromatic rings. The number of nitrogens with one attached hydrogen (secondary N) is 3. The van der Waals surface area contributed by atoms with Gasteiger partial charge in [0.15, 0.2) is 0 Å². The lowest BCUT2D eigenvalue weighted by atomic mass is 10.1. The number of aryl methyl sites for hydroxylation is 1. The number of nitrogens with zero attached hydrogens (tertiary/aromatic N) is 1. The van der Waals surface area contributed by atoms with Crippen molar-refractivity contribution in [1.82, 2.24) is 20.6 Å². The van der Waals surface area contributed by atoms with E-state index in [2.05, 4.69) is 20.6 Å². The van der Waals surface area contributed by atoms with Crippen LogP contribution >= 0.6 is 0 Å². The second-order valence-electron chi connectivity index (χ2n) is 4.77. The summed E-state index contributed by atoms with van der Waals surface area (Å²) < 4.78 is 0. The Bertz CT molecular complexity index is 313. The fourth-order valence-corrected chi connectivity index (χ4v) is 1.28. The van der Waals surface area contributed by atoms with Crippen molar-refractivity contribution in [1.29, 1.82) is 0 Å². The normalized spacial score (nSPS) is 11.2. The number of rotatable bonds is 4. The number of imidazole rings is 1. The second-order valence-corrected chi connectivity index (χ2v) is 4.77. The summed E-state index contributed by atoms with van der Waals surface area (Å²) in [5.41, 5.74) is -0.189. The number of hydrogen-bond donors (Lipinski definition) is 3. The summed E-state index contributed by atoms with van der Waals surface area (Å²) in [4.78, 5) is 18.5. The van der Waals surface area contributed by atoms with E-state index >= 15 is 0 Å². The van der Waals surface area contributed by atoms with Gasteiger partial charge < -0.3 is 15.6 Å². The first-order valence-electron chi connectivity index (χ1n) is 5.52. The van der Waals surface area contributed by atoms with Crippen LogP contribution < -0.4 is 10.6 Å². The van der Waals surface area contributed by atoms with Crippen LogP contribution in [0.25, 0.3) is 0 Å². The highest BCUT2D eigenvalue weighted by atomic mass is 16.2. The molecule has 0 aliphatic carbocycles. The molecule has 0 unspecified atom stereocenters. The smallest absolute Gasteiger partial charge is 0.315 e. The van der Waals surface area contributed by atoms with Gasteiger partial charge in [-0.05, 0) is 27.2 Å². The van der Waals surface area contributed by atoms with Crippen molar-refractivity contribution in [2.75, 3.05) is 6.54 Å². The molecule has 1 rings (SSSR count). The predicted octanol–water partition coefficient (Wildman–Crippen LogP) is 1.44. The van der Waals surface area contributed by atoms with Gasteiger partial charge in [0.2, 0.25) is 0 Å². The number of aromatic amines is 1. The van der Waals surface area contributed by atoms with Crippen LogP contribution in [0.5, 0.6) is 0 Å². The fourth-order valence-electron chi connectivity index (χ4n) is 1.28. The number of amides is 2. The predicted molar refractivity (Wildman–Crippen MR) is 63.2 cm³/mol. The van der Waals surface area contributed by atoms with E-state index in [4.69, 9.17) is 0 Å². The number of urea groups is 1. The minimum absolute atomic E-state index is 0.119. The molecule has 1 aromatic heterocycles. The molecule has 5 nitrogen and oxygen atoms in total. The van der Waals surface area contributed by atoms with E-state index in [0.717, 1.165) is 18.7 Å². The largest absolute Gasteiger partial charge is 0.349 e. The van der Waals surface area contributed by atoms with Crippen molar-refractivity contribution in [3.05, 3.63) is 18.2 Å². The summed E-state index contributed by atoms with van der Waals surface area (Å²) >= 11 is 0. The monoisotopic (exact) mass is 224 g/mol. The van der Waals surface area contributed by atoms with Gasteiger partial charge in [-0.2, -0.15) is 0 Å². The van der Waals surface area contributed by atoms with Crippen molar-refractivity contribution in [2.45, 2.75) is 39.2 Å². The Balaban J connectivity index is 2.09. The third-order valence-electron chi connectivity index (χ3n) is 1.92. The molecule has 0 bridgehead atoms. The lowest BCUT2D eigenvalue weighted by molar-refractivity contribution is 0.232. The maximum atomic E-state index is 11.4. The van der Waals surface area contributed by atoms with E-state index in [1.54, 1.807) is 12.4 Å². The lowest BCUT2D eigenvalue weighted by Gasteiger charge is -2.20. The summed E-state index contributed by atoms with van der Waals surface area (Å²) in [6.45, 7) is 6.52. The van der Waals surface area contributed by atoms with Crippen LogP contribution in [0.1, 0.15) is 33.0 Å². The van der Waals surface area contributed by atoms with Gasteiger partial charge in [0.05, 0.1) is 0 Å². The van der Waals surface area contributed by atoms with E-state index in [9.17, 15) is 4.79 Å². The molecule has 90 valence electrons. The molecule has 5 heteroatoms. The van der Waals surface area contributed by atoms with Crippen molar-refractivity contribution in [3.8, 4) is 0 Å². The van der Waals surface area contributed by atoms with Crippen molar-refractivity contribution in [2.24, 2.45) is 0 Å². The SMILES string of the molecule is CC(C)(C)NC(=O)NCCCc1ncc[nH]1. The summed E-state index contributed by atoms with van der Waals surface area (Å²) in [5.74, 6) is 0.957. The van der Waals surface area contributed by atoms with Crippen LogP contribution in [0.2, 0.25) is 0 Å². The number of carbonyl (C=O) groups excluding carboxylic acids is 1. The highest BCUT2D eigenvalue weighted by molar-refractivity contribution is 5.74. The highest BCUT2D eigenvalue weighted by Gasteiger charge is 2.12. The van der Waals surface area contributed by atoms with Crippen LogP contribution in [0, 0.1) is 0 Å². The Hall–Kier alpha value is -1.52. The molecule has 16 heavy (non-hydrogen) atoms. The molecule has 1 heterocycles. The van der Waals surface area contributed by atoms with E-state index in [0.29, 0.717) is 6.54 Å². The first-order valence-corrected chi connectivity index (χ1v) is 5.52. The Morgan fingerprint density at radius 1 is 1.50 bits per heavy atom. The molecule has 0 saturated heterocycles. The maximum Gasteiger partial charge on any atom is 0.315 e. The molecule has 0 aromatic carbocycles. The number of H-pyrrole nitrogens is 1. The van der Waals surface area contributed by atoms with Crippen molar-refractivity contribution >= 4 is 6.03 Å². The molecular formula is C11H20N4O. The molecular weight excluding hydrogens is 204 g/mol. The fraction of sp³-hybridized carbons (Fsp3) is 0.636. The van der Waals surface area contributed by atoms with E-state index in [1.807, 2.05) is 20.8 Å². The van der Waals surface area contributed by atoms with Crippen molar-refractivity contribution < 1.29 is 4.79 Å². The molecule has 3 N–H and O–H groups in total. The zero-order chi connectivity index (χ0) is 12.0. The minimum atomic E-state index is -0.189.